The van der Waals surface area contributed by atoms with Gasteiger partial charge in [-0.05, 0) is 43.7 Å². The molecule has 5 heteroatoms. The largest absolute Gasteiger partial charge is 0.481 e. The fourth-order valence-electron chi connectivity index (χ4n) is 2.55. The monoisotopic (exact) mass is 297 g/mol. The first-order valence-electron chi connectivity index (χ1n) is 7.32. The minimum atomic E-state index is -0.700. The van der Waals surface area contributed by atoms with E-state index in [1.165, 1.54) is 4.88 Å². The van der Waals surface area contributed by atoms with Crippen LogP contribution in [0.15, 0.2) is 17.5 Å². The van der Waals surface area contributed by atoms with Gasteiger partial charge < -0.3 is 9.84 Å². The van der Waals surface area contributed by atoms with Crippen LogP contribution in [0.4, 0.5) is 0 Å². The number of carboxylic acids is 1. The van der Waals surface area contributed by atoms with E-state index in [0.717, 1.165) is 51.9 Å². The number of carboxylic acid groups (broad SMARTS) is 1. The Morgan fingerprint density at radius 1 is 1.50 bits per heavy atom. The molecule has 0 amide bonds. The second-order valence-corrected chi connectivity index (χ2v) is 6.33. The highest BCUT2D eigenvalue weighted by Gasteiger charge is 2.19. The van der Waals surface area contributed by atoms with Crippen molar-refractivity contribution in [3.05, 3.63) is 22.4 Å². The Morgan fingerprint density at radius 2 is 2.40 bits per heavy atom. The first-order chi connectivity index (χ1) is 9.74. The SMILES string of the molecule is O=C(O)CCCCN(Cc1cccs1)CC1CCCO1. The molecule has 0 aromatic carbocycles. The Morgan fingerprint density at radius 3 is 3.05 bits per heavy atom. The fourth-order valence-corrected chi connectivity index (χ4v) is 3.29. The Labute approximate surface area is 124 Å². The zero-order valence-corrected chi connectivity index (χ0v) is 12.6. The zero-order chi connectivity index (χ0) is 14.2. The van der Waals surface area contributed by atoms with E-state index in [1.54, 1.807) is 11.3 Å². The van der Waals surface area contributed by atoms with Crippen LogP contribution in [0.3, 0.4) is 0 Å². The number of rotatable bonds is 9. The molecule has 1 N–H and O–H groups in total. The normalized spacial score (nSPS) is 18.8. The second kappa shape index (κ2) is 8.39. The summed E-state index contributed by atoms with van der Waals surface area (Å²) < 4.78 is 5.71. The first kappa shape index (κ1) is 15.5. The van der Waals surface area contributed by atoms with Crippen LogP contribution in [0.1, 0.15) is 37.0 Å². The summed E-state index contributed by atoms with van der Waals surface area (Å²) in [5.41, 5.74) is 0. The number of aliphatic carboxylic acids is 1. The molecule has 112 valence electrons. The number of thiophene rings is 1. The molecule has 1 unspecified atom stereocenters. The molecular weight excluding hydrogens is 274 g/mol. The van der Waals surface area contributed by atoms with Crippen molar-refractivity contribution < 1.29 is 14.6 Å². The van der Waals surface area contributed by atoms with Crippen molar-refractivity contribution in [2.75, 3.05) is 19.7 Å². The zero-order valence-electron chi connectivity index (χ0n) is 11.8. The van der Waals surface area contributed by atoms with Gasteiger partial charge in [-0.2, -0.15) is 0 Å². The minimum absolute atomic E-state index is 0.271. The average molecular weight is 297 g/mol. The topological polar surface area (TPSA) is 49.8 Å². The molecule has 4 nitrogen and oxygen atoms in total. The lowest BCUT2D eigenvalue weighted by molar-refractivity contribution is -0.137. The highest BCUT2D eigenvalue weighted by molar-refractivity contribution is 7.09. The smallest absolute Gasteiger partial charge is 0.303 e. The van der Waals surface area contributed by atoms with E-state index in [-0.39, 0.29) is 6.42 Å². The molecule has 1 aliphatic rings. The summed E-state index contributed by atoms with van der Waals surface area (Å²) in [6.45, 7) is 3.75. The lowest BCUT2D eigenvalue weighted by Gasteiger charge is -2.24. The Bertz CT molecular complexity index is 388. The van der Waals surface area contributed by atoms with Gasteiger partial charge in [0.15, 0.2) is 0 Å². The second-order valence-electron chi connectivity index (χ2n) is 5.30. The van der Waals surface area contributed by atoms with Crippen molar-refractivity contribution in [1.82, 2.24) is 4.90 Å². The maximum atomic E-state index is 10.5. The Balaban J connectivity index is 1.77. The quantitative estimate of drug-likeness (QED) is 0.712. The van der Waals surface area contributed by atoms with E-state index >= 15 is 0 Å². The van der Waals surface area contributed by atoms with Gasteiger partial charge in [0.25, 0.3) is 0 Å². The summed E-state index contributed by atoms with van der Waals surface area (Å²) in [7, 11) is 0. The van der Waals surface area contributed by atoms with Crippen LogP contribution in [-0.4, -0.2) is 41.8 Å². The summed E-state index contributed by atoms with van der Waals surface area (Å²) in [6, 6.07) is 4.24. The van der Waals surface area contributed by atoms with Crippen LogP contribution in [0.5, 0.6) is 0 Å². The third kappa shape index (κ3) is 5.61. The maximum absolute atomic E-state index is 10.5. The van der Waals surface area contributed by atoms with Crippen molar-refractivity contribution in [3.63, 3.8) is 0 Å². The van der Waals surface area contributed by atoms with Gasteiger partial charge in [-0.15, -0.1) is 11.3 Å². The summed E-state index contributed by atoms with van der Waals surface area (Å²) >= 11 is 1.78. The number of ether oxygens (including phenoxy) is 1. The molecule has 0 saturated carbocycles. The van der Waals surface area contributed by atoms with Crippen LogP contribution in [0.25, 0.3) is 0 Å². The molecule has 0 bridgehead atoms. The van der Waals surface area contributed by atoms with Crippen molar-refractivity contribution in [2.45, 2.75) is 44.8 Å². The summed E-state index contributed by atoms with van der Waals surface area (Å²) in [4.78, 5) is 14.3. The summed E-state index contributed by atoms with van der Waals surface area (Å²) in [5, 5.41) is 10.8. The third-order valence-corrected chi connectivity index (χ3v) is 4.42. The molecule has 2 rings (SSSR count). The summed E-state index contributed by atoms with van der Waals surface area (Å²) in [5.74, 6) is -0.700. The van der Waals surface area contributed by atoms with Crippen LogP contribution in [0.2, 0.25) is 0 Å². The third-order valence-electron chi connectivity index (χ3n) is 3.56. The van der Waals surface area contributed by atoms with Crippen LogP contribution < -0.4 is 0 Å². The van der Waals surface area contributed by atoms with Crippen LogP contribution in [-0.2, 0) is 16.1 Å². The highest BCUT2D eigenvalue weighted by Crippen LogP contribution is 2.17. The Kier molecular flexibility index (Phi) is 6.50. The first-order valence-corrected chi connectivity index (χ1v) is 8.20. The number of nitrogens with zero attached hydrogens (tertiary/aromatic N) is 1. The van der Waals surface area contributed by atoms with Crippen LogP contribution in [0, 0.1) is 0 Å². The van der Waals surface area contributed by atoms with E-state index in [2.05, 4.69) is 22.4 Å². The molecule has 1 aromatic heterocycles. The van der Waals surface area contributed by atoms with E-state index in [1.807, 2.05) is 0 Å². The van der Waals surface area contributed by atoms with Gasteiger partial charge in [0.2, 0.25) is 0 Å². The molecule has 2 heterocycles. The van der Waals surface area contributed by atoms with Gasteiger partial charge in [-0.25, -0.2) is 0 Å². The molecule has 0 spiro atoms. The molecule has 0 aliphatic carbocycles. The molecule has 0 radical (unpaired) electrons. The maximum Gasteiger partial charge on any atom is 0.303 e. The number of hydrogen-bond acceptors (Lipinski definition) is 4. The molecule has 1 fully saturated rings. The average Bonchev–Trinajstić information content (AvgIpc) is 3.07. The van der Waals surface area contributed by atoms with Gasteiger partial charge in [0.1, 0.15) is 0 Å². The van der Waals surface area contributed by atoms with E-state index < -0.39 is 5.97 Å². The molecular formula is C15H23NO3S. The van der Waals surface area contributed by atoms with Gasteiger partial charge in [0.05, 0.1) is 6.10 Å². The molecule has 1 aliphatic heterocycles. The highest BCUT2D eigenvalue weighted by atomic mass is 32.1. The van der Waals surface area contributed by atoms with Crippen molar-refractivity contribution in [2.24, 2.45) is 0 Å². The summed E-state index contributed by atoms with van der Waals surface area (Å²) in [6.07, 6.45) is 4.63. The van der Waals surface area contributed by atoms with E-state index in [9.17, 15) is 4.79 Å². The minimum Gasteiger partial charge on any atom is -0.481 e. The van der Waals surface area contributed by atoms with Gasteiger partial charge in [-0.1, -0.05) is 6.07 Å². The Hall–Kier alpha value is -0.910. The number of hydrogen-bond donors (Lipinski definition) is 1. The fraction of sp³-hybridized carbons (Fsp3) is 0.667. The van der Waals surface area contributed by atoms with Crippen LogP contribution >= 0.6 is 11.3 Å². The lowest BCUT2D eigenvalue weighted by Crippen LogP contribution is -2.32. The van der Waals surface area contributed by atoms with Crippen molar-refractivity contribution in [3.8, 4) is 0 Å². The van der Waals surface area contributed by atoms with Crippen molar-refractivity contribution in [1.29, 1.82) is 0 Å². The van der Waals surface area contributed by atoms with E-state index in [0.29, 0.717) is 6.10 Å². The molecule has 20 heavy (non-hydrogen) atoms. The molecule has 1 aromatic rings. The van der Waals surface area contributed by atoms with Gasteiger partial charge in [0, 0.05) is 31.0 Å². The molecule has 1 saturated heterocycles. The predicted molar refractivity (Wildman–Crippen MR) is 80.1 cm³/mol. The van der Waals surface area contributed by atoms with Gasteiger partial charge in [-0.3, -0.25) is 9.69 Å². The standard InChI is InChI=1S/C15H23NO3S/c17-15(18)7-1-2-8-16(11-13-5-3-9-19-13)12-14-6-4-10-20-14/h4,6,10,13H,1-3,5,7-9,11-12H2,(H,17,18). The lowest BCUT2D eigenvalue weighted by atomic mass is 10.2. The molecule has 1 atom stereocenters. The predicted octanol–water partition coefficient (Wildman–Crippen LogP) is 2.98. The number of unbranched alkanes of at least 4 members (excludes halogenated alkanes) is 1. The van der Waals surface area contributed by atoms with Gasteiger partial charge >= 0.3 is 5.97 Å². The van der Waals surface area contributed by atoms with Crippen molar-refractivity contribution >= 4 is 17.3 Å². The number of carbonyl (C=O) groups is 1. The van der Waals surface area contributed by atoms with E-state index in [4.69, 9.17) is 9.84 Å².